The number of carbonyl (C=O) groups is 3. The van der Waals surface area contributed by atoms with Gasteiger partial charge in [0, 0.05) is 5.56 Å². The second-order valence-electron chi connectivity index (χ2n) is 8.99. The molecule has 4 rings (SSSR count). The average molecular weight is 579 g/mol. The third kappa shape index (κ3) is 5.53. The van der Waals surface area contributed by atoms with Crippen LogP contribution < -0.4 is 19.1 Å². The largest absolute Gasteiger partial charge is 0.507 e. The maximum Gasteiger partial charge on any atom is 0.350 e. The number of aliphatic hydroxyl groups is 1. The number of aliphatic hydroxyl groups excluding tert-OH is 1. The fourth-order valence-electron chi connectivity index (χ4n) is 4.52. The number of benzene rings is 2. The first-order chi connectivity index (χ1) is 19.7. The summed E-state index contributed by atoms with van der Waals surface area (Å²) in [6.07, 6.45) is 1.44. The van der Waals surface area contributed by atoms with Crippen LogP contribution in [0.2, 0.25) is 0 Å². The number of hydrogen-bond acceptors (Lipinski definition) is 10. The van der Waals surface area contributed by atoms with E-state index >= 15 is 0 Å². The molecule has 1 atom stereocenters. The zero-order valence-electron chi connectivity index (χ0n) is 23.3. The number of hydrogen-bond donors (Lipinski definition) is 1. The highest BCUT2D eigenvalue weighted by Gasteiger charge is 2.48. The molecule has 41 heavy (non-hydrogen) atoms. The van der Waals surface area contributed by atoms with Crippen LogP contribution in [-0.2, 0) is 14.3 Å². The molecule has 1 amide bonds. The summed E-state index contributed by atoms with van der Waals surface area (Å²) in [6, 6.07) is 8.89. The highest BCUT2D eigenvalue weighted by Crippen LogP contribution is 2.46. The van der Waals surface area contributed by atoms with Crippen LogP contribution >= 0.6 is 11.3 Å². The number of aromatic nitrogens is 1. The van der Waals surface area contributed by atoms with Crippen LogP contribution in [0.1, 0.15) is 45.0 Å². The lowest BCUT2D eigenvalue weighted by molar-refractivity contribution is -0.132. The second-order valence-corrected chi connectivity index (χ2v) is 9.97. The minimum Gasteiger partial charge on any atom is -0.507 e. The van der Waals surface area contributed by atoms with Crippen molar-refractivity contribution in [2.75, 3.05) is 32.3 Å². The number of amides is 1. The molecule has 3 aromatic rings. The molecule has 1 aliphatic rings. The lowest BCUT2D eigenvalue weighted by Crippen LogP contribution is -2.29. The van der Waals surface area contributed by atoms with Crippen molar-refractivity contribution in [2.45, 2.75) is 26.8 Å². The number of ether oxygens (including phenoxy) is 4. The van der Waals surface area contributed by atoms with Crippen LogP contribution in [0.3, 0.4) is 0 Å². The van der Waals surface area contributed by atoms with Crippen LogP contribution in [0.15, 0.2) is 54.6 Å². The molecule has 1 fully saturated rings. The lowest BCUT2D eigenvalue weighted by atomic mass is 9.93. The van der Waals surface area contributed by atoms with E-state index in [1.165, 1.54) is 25.2 Å². The molecule has 2 aromatic carbocycles. The number of Topliss-reactive ketones (excluding diaryl/α,β-unsaturated/α-hetero) is 1. The van der Waals surface area contributed by atoms with Gasteiger partial charge in [-0.3, -0.25) is 14.5 Å². The predicted molar refractivity (Wildman–Crippen MR) is 154 cm³/mol. The zero-order valence-corrected chi connectivity index (χ0v) is 24.2. The van der Waals surface area contributed by atoms with E-state index in [1.807, 2.05) is 6.92 Å². The fourth-order valence-corrected chi connectivity index (χ4v) is 5.51. The summed E-state index contributed by atoms with van der Waals surface area (Å²) in [6.45, 7) is 9.14. The lowest BCUT2D eigenvalue weighted by Gasteiger charge is -2.24. The number of aryl methyl sites for hydroxylation is 2. The molecule has 2 heterocycles. The molecule has 0 aliphatic carbocycles. The van der Waals surface area contributed by atoms with Crippen molar-refractivity contribution in [2.24, 2.45) is 0 Å². The number of nitrogens with zero attached hydrogens (tertiary/aromatic N) is 2. The molecule has 0 bridgehead atoms. The van der Waals surface area contributed by atoms with Crippen molar-refractivity contribution in [1.82, 2.24) is 4.98 Å². The number of esters is 1. The van der Waals surface area contributed by atoms with E-state index in [9.17, 15) is 19.5 Å². The fraction of sp³-hybridized carbons (Fsp3) is 0.267. The Kier molecular flexibility index (Phi) is 8.77. The van der Waals surface area contributed by atoms with Gasteiger partial charge < -0.3 is 24.1 Å². The molecule has 11 heteroatoms. The summed E-state index contributed by atoms with van der Waals surface area (Å²) in [5.41, 5.74) is 1.64. The number of thiazole rings is 1. The monoisotopic (exact) mass is 578 g/mol. The maximum atomic E-state index is 13.6. The third-order valence-corrected chi connectivity index (χ3v) is 7.58. The van der Waals surface area contributed by atoms with E-state index in [-0.39, 0.29) is 27.9 Å². The molecule has 10 nitrogen and oxygen atoms in total. The van der Waals surface area contributed by atoms with Gasteiger partial charge in [-0.25, -0.2) is 9.78 Å². The Labute approximate surface area is 241 Å². The molecule has 0 saturated carbocycles. The van der Waals surface area contributed by atoms with E-state index in [2.05, 4.69) is 11.6 Å². The molecule has 1 N–H and O–H groups in total. The molecule has 1 saturated heterocycles. The molecular weight excluding hydrogens is 548 g/mol. The van der Waals surface area contributed by atoms with Crippen LogP contribution in [0.4, 0.5) is 5.13 Å². The van der Waals surface area contributed by atoms with Gasteiger partial charge in [0.05, 0.1) is 38.1 Å². The molecule has 214 valence electrons. The molecule has 0 radical (unpaired) electrons. The first-order valence-corrected chi connectivity index (χ1v) is 13.5. The van der Waals surface area contributed by atoms with E-state index < -0.39 is 23.7 Å². The minimum atomic E-state index is -1.09. The van der Waals surface area contributed by atoms with Crippen molar-refractivity contribution in [3.05, 3.63) is 81.9 Å². The van der Waals surface area contributed by atoms with Gasteiger partial charge in [0.25, 0.3) is 5.78 Å². The number of ketones is 1. The van der Waals surface area contributed by atoms with Crippen LogP contribution in [0.5, 0.6) is 17.2 Å². The highest BCUT2D eigenvalue weighted by atomic mass is 32.1. The van der Waals surface area contributed by atoms with Crippen molar-refractivity contribution in [3.63, 3.8) is 0 Å². The average Bonchev–Trinajstić information content (AvgIpc) is 3.47. The van der Waals surface area contributed by atoms with Crippen LogP contribution in [0, 0.1) is 13.8 Å². The van der Waals surface area contributed by atoms with Gasteiger partial charge in [-0.15, -0.1) is 0 Å². The van der Waals surface area contributed by atoms with E-state index in [0.29, 0.717) is 46.2 Å². The number of anilines is 1. The van der Waals surface area contributed by atoms with Gasteiger partial charge in [-0.1, -0.05) is 30.1 Å². The topological polar surface area (TPSA) is 124 Å². The first-order valence-electron chi connectivity index (χ1n) is 12.7. The summed E-state index contributed by atoms with van der Waals surface area (Å²) in [5.74, 6) is -1.38. The van der Waals surface area contributed by atoms with E-state index in [0.717, 1.165) is 11.3 Å². The van der Waals surface area contributed by atoms with E-state index in [4.69, 9.17) is 18.9 Å². The Morgan fingerprint density at radius 3 is 2.51 bits per heavy atom. The molecule has 0 unspecified atom stereocenters. The maximum absolute atomic E-state index is 13.6. The summed E-state index contributed by atoms with van der Waals surface area (Å²) in [5, 5.41) is 11.6. The van der Waals surface area contributed by atoms with Crippen molar-refractivity contribution in [3.8, 4) is 17.2 Å². The van der Waals surface area contributed by atoms with Gasteiger partial charge in [0.1, 0.15) is 23.0 Å². The van der Waals surface area contributed by atoms with E-state index in [1.54, 1.807) is 50.2 Å². The Morgan fingerprint density at radius 2 is 1.88 bits per heavy atom. The SMILES string of the molecule is C=CCOC(=O)c1sc(N2C(=O)C(=O)/C(=C(/O)c3ccc(OC)cc3C)[C@H]2c2ccc(OCC)c(OC)c2)nc1C. The summed E-state index contributed by atoms with van der Waals surface area (Å²) in [4.78, 5) is 45.6. The Balaban J connectivity index is 1.94. The van der Waals surface area contributed by atoms with Crippen molar-refractivity contribution < 1.29 is 38.4 Å². The first kappa shape index (κ1) is 29.3. The summed E-state index contributed by atoms with van der Waals surface area (Å²) in [7, 11) is 3.00. The predicted octanol–water partition coefficient (Wildman–Crippen LogP) is 5.14. The number of carbonyl (C=O) groups excluding carboxylic acids is 3. The summed E-state index contributed by atoms with van der Waals surface area (Å²) >= 11 is 0.915. The Bertz CT molecular complexity index is 1560. The third-order valence-electron chi connectivity index (χ3n) is 6.45. The second kappa shape index (κ2) is 12.3. The van der Waals surface area contributed by atoms with Crippen LogP contribution in [-0.4, -0.2) is 55.2 Å². The van der Waals surface area contributed by atoms with Crippen molar-refractivity contribution in [1.29, 1.82) is 0 Å². The molecular formula is C30H30N2O8S. The Hall–Kier alpha value is -4.64. The van der Waals surface area contributed by atoms with Gasteiger partial charge in [0.15, 0.2) is 16.6 Å². The van der Waals surface area contributed by atoms with Gasteiger partial charge >= 0.3 is 11.9 Å². The molecule has 1 aromatic heterocycles. The normalized spacial score (nSPS) is 16.0. The van der Waals surface area contributed by atoms with Gasteiger partial charge in [-0.2, -0.15) is 0 Å². The molecule has 0 spiro atoms. The van der Waals surface area contributed by atoms with Gasteiger partial charge in [0.2, 0.25) is 0 Å². The zero-order chi connectivity index (χ0) is 29.8. The van der Waals surface area contributed by atoms with Crippen LogP contribution in [0.25, 0.3) is 5.76 Å². The van der Waals surface area contributed by atoms with Crippen molar-refractivity contribution >= 4 is 39.9 Å². The number of methoxy groups -OCH3 is 2. The highest BCUT2D eigenvalue weighted by molar-refractivity contribution is 7.17. The quantitative estimate of drug-likeness (QED) is 0.114. The smallest absolute Gasteiger partial charge is 0.350 e. The number of rotatable bonds is 10. The Morgan fingerprint density at radius 1 is 1.12 bits per heavy atom. The molecule has 1 aliphatic heterocycles. The standard InChI is InChI=1S/C30H30N2O8S/c1-7-13-40-29(36)27-17(4)31-30(41-27)32-24(18-9-12-21(39-8-2)22(15-18)38-6)23(26(34)28(32)35)25(33)20-11-10-19(37-5)14-16(20)3/h7,9-12,14-15,24,33H,1,8,13H2,2-6H3/b25-23+/t24-/m1/s1. The minimum absolute atomic E-state index is 0.00318. The van der Waals surface area contributed by atoms with Gasteiger partial charge in [-0.05, 0) is 62.2 Å². The summed E-state index contributed by atoms with van der Waals surface area (Å²) < 4.78 is 21.6.